The van der Waals surface area contributed by atoms with Gasteiger partial charge < -0.3 is 15.4 Å². The van der Waals surface area contributed by atoms with E-state index in [4.69, 9.17) is 4.74 Å². The van der Waals surface area contributed by atoms with Crippen molar-refractivity contribution in [2.24, 2.45) is 0 Å². The number of ether oxygens (including phenoxy) is 1. The second kappa shape index (κ2) is 8.49. The second-order valence-electron chi connectivity index (χ2n) is 5.22. The highest BCUT2D eigenvalue weighted by Crippen LogP contribution is 2.24. The molecule has 2 aromatic rings. The van der Waals surface area contributed by atoms with Crippen molar-refractivity contribution >= 4 is 27.7 Å². The molecule has 126 valence electrons. The molecule has 6 heteroatoms. The fourth-order valence-electron chi connectivity index (χ4n) is 2.29. The molecule has 5 nitrogen and oxygen atoms in total. The Bertz CT molecular complexity index is 734. The van der Waals surface area contributed by atoms with Gasteiger partial charge in [-0.05, 0) is 31.2 Å². The summed E-state index contributed by atoms with van der Waals surface area (Å²) in [7, 11) is 1.59. The number of methoxy groups -OCH3 is 1. The van der Waals surface area contributed by atoms with E-state index in [-0.39, 0.29) is 24.4 Å². The zero-order chi connectivity index (χ0) is 17.5. The predicted octanol–water partition coefficient (Wildman–Crippen LogP) is 3.06. The minimum Gasteiger partial charge on any atom is -0.496 e. The lowest BCUT2D eigenvalue weighted by Gasteiger charge is -2.17. The van der Waals surface area contributed by atoms with Gasteiger partial charge in [0.2, 0.25) is 5.91 Å². The molecule has 2 amide bonds. The van der Waals surface area contributed by atoms with Gasteiger partial charge in [0.1, 0.15) is 5.75 Å². The average Bonchev–Trinajstić information content (AvgIpc) is 2.59. The van der Waals surface area contributed by atoms with Gasteiger partial charge in [-0.3, -0.25) is 9.59 Å². The Morgan fingerprint density at radius 2 is 1.92 bits per heavy atom. The van der Waals surface area contributed by atoms with Gasteiger partial charge in [-0.2, -0.15) is 0 Å². The van der Waals surface area contributed by atoms with Crippen molar-refractivity contribution < 1.29 is 14.3 Å². The Morgan fingerprint density at radius 3 is 2.62 bits per heavy atom. The van der Waals surface area contributed by atoms with Crippen LogP contribution in [0.5, 0.6) is 5.75 Å². The molecule has 2 rings (SSSR count). The summed E-state index contributed by atoms with van der Waals surface area (Å²) in [6.45, 7) is 1.77. The van der Waals surface area contributed by atoms with Crippen molar-refractivity contribution in [1.29, 1.82) is 0 Å². The van der Waals surface area contributed by atoms with E-state index in [1.165, 1.54) is 0 Å². The topological polar surface area (TPSA) is 67.4 Å². The summed E-state index contributed by atoms with van der Waals surface area (Å²) in [5.74, 6) is 0.150. The number of hydrogen-bond donors (Lipinski definition) is 2. The molecule has 0 saturated carbocycles. The van der Waals surface area contributed by atoms with Crippen LogP contribution in [-0.2, 0) is 4.79 Å². The lowest BCUT2D eigenvalue weighted by molar-refractivity contribution is -0.120. The van der Waals surface area contributed by atoms with Gasteiger partial charge in [0.05, 0.1) is 19.7 Å². The Morgan fingerprint density at radius 1 is 1.17 bits per heavy atom. The van der Waals surface area contributed by atoms with Crippen LogP contribution in [0.3, 0.4) is 0 Å². The lowest BCUT2D eigenvalue weighted by Crippen LogP contribution is -2.38. The molecule has 0 radical (unpaired) electrons. The molecule has 0 aromatic heterocycles. The summed E-state index contributed by atoms with van der Waals surface area (Å²) in [6, 6.07) is 14.2. The first-order chi connectivity index (χ1) is 11.5. The number of rotatable bonds is 6. The van der Waals surface area contributed by atoms with Gasteiger partial charge in [-0.25, -0.2) is 0 Å². The van der Waals surface area contributed by atoms with Crippen LogP contribution in [0, 0.1) is 0 Å². The van der Waals surface area contributed by atoms with Crippen molar-refractivity contribution in [3.63, 3.8) is 0 Å². The molecule has 0 aliphatic rings. The van der Waals surface area contributed by atoms with Crippen molar-refractivity contribution in [2.45, 2.75) is 13.0 Å². The van der Waals surface area contributed by atoms with E-state index in [2.05, 4.69) is 26.6 Å². The standard InChI is InChI=1S/C18H19BrN2O3/c1-12(15-8-3-4-9-16(15)24-2)21-17(22)11-20-18(23)13-6-5-7-14(19)10-13/h3-10,12H,11H2,1-2H3,(H,20,23)(H,21,22). The molecule has 0 spiro atoms. The molecule has 0 aliphatic carbocycles. The molecule has 0 bridgehead atoms. The summed E-state index contributed by atoms with van der Waals surface area (Å²) in [5.41, 5.74) is 1.38. The number of para-hydroxylation sites is 1. The van der Waals surface area contributed by atoms with Crippen LogP contribution >= 0.6 is 15.9 Å². The van der Waals surface area contributed by atoms with Gasteiger partial charge in [0.25, 0.3) is 5.91 Å². The molecule has 2 aromatic carbocycles. The molecule has 24 heavy (non-hydrogen) atoms. The average molecular weight is 391 g/mol. The highest BCUT2D eigenvalue weighted by Gasteiger charge is 2.14. The van der Waals surface area contributed by atoms with Crippen LogP contribution in [-0.4, -0.2) is 25.5 Å². The Kier molecular flexibility index (Phi) is 6.37. The maximum absolute atomic E-state index is 12.1. The minimum atomic E-state index is -0.295. The van der Waals surface area contributed by atoms with Crippen molar-refractivity contribution in [2.75, 3.05) is 13.7 Å². The molecule has 0 aliphatic heterocycles. The van der Waals surface area contributed by atoms with Gasteiger partial charge in [0, 0.05) is 15.6 Å². The van der Waals surface area contributed by atoms with E-state index in [9.17, 15) is 9.59 Å². The van der Waals surface area contributed by atoms with Crippen molar-refractivity contribution in [3.05, 3.63) is 64.1 Å². The first kappa shape index (κ1) is 18.0. The highest BCUT2D eigenvalue weighted by molar-refractivity contribution is 9.10. The fraction of sp³-hybridized carbons (Fsp3) is 0.222. The molecule has 0 heterocycles. The Balaban J connectivity index is 1.90. The minimum absolute atomic E-state index is 0.0924. The van der Waals surface area contributed by atoms with Gasteiger partial charge >= 0.3 is 0 Å². The zero-order valence-electron chi connectivity index (χ0n) is 13.5. The molecule has 0 saturated heterocycles. The van der Waals surface area contributed by atoms with Crippen LogP contribution in [0.2, 0.25) is 0 Å². The summed E-state index contributed by atoms with van der Waals surface area (Å²) < 4.78 is 6.10. The van der Waals surface area contributed by atoms with E-state index >= 15 is 0 Å². The quantitative estimate of drug-likeness (QED) is 0.796. The number of nitrogens with one attached hydrogen (secondary N) is 2. The third-order valence-corrected chi connectivity index (χ3v) is 3.97. The van der Waals surface area contributed by atoms with Crippen LogP contribution in [0.1, 0.15) is 28.9 Å². The maximum atomic E-state index is 12.1. The molecule has 1 unspecified atom stereocenters. The van der Waals surface area contributed by atoms with Gasteiger partial charge in [-0.1, -0.05) is 40.2 Å². The SMILES string of the molecule is COc1ccccc1C(C)NC(=O)CNC(=O)c1cccc(Br)c1. The van der Waals surface area contributed by atoms with E-state index in [0.717, 1.165) is 10.0 Å². The zero-order valence-corrected chi connectivity index (χ0v) is 15.1. The highest BCUT2D eigenvalue weighted by atomic mass is 79.9. The summed E-state index contributed by atoms with van der Waals surface area (Å²) in [4.78, 5) is 24.1. The third kappa shape index (κ3) is 4.83. The maximum Gasteiger partial charge on any atom is 0.251 e. The molecule has 2 N–H and O–H groups in total. The van der Waals surface area contributed by atoms with Crippen molar-refractivity contribution in [1.82, 2.24) is 10.6 Å². The van der Waals surface area contributed by atoms with E-state index in [0.29, 0.717) is 11.3 Å². The summed E-state index contributed by atoms with van der Waals surface area (Å²) >= 11 is 3.31. The molecule has 1 atom stereocenters. The number of carbonyl (C=O) groups excluding carboxylic acids is 2. The van der Waals surface area contributed by atoms with Crippen LogP contribution < -0.4 is 15.4 Å². The second-order valence-corrected chi connectivity index (χ2v) is 6.14. The van der Waals surface area contributed by atoms with E-state index in [1.54, 1.807) is 25.3 Å². The number of amides is 2. The first-order valence-electron chi connectivity index (χ1n) is 7.47. The normalized spacial score (nSPS) is 11.5. The van der Waals surface area contributed by atoms with E-state index < -0.39 is 0 Å². The predicted molar refractivity (Wildman–Crippen MR) is 96.0 cm³/mol. The number of benzene rings is 2. The van der Waals surface area contributed by atoms with Gasteiger partial charge in [-0.15, -0.1) is 0 Å². The molecular formula is C18H19BrN2O3. The first-order valence-corrected chi connectivity index (χ1v) is 8.26. The Labute approximate surface area is 149 Å². The van der Waals surface area contributed by atoms with E-state index in [1.807, 2.05) is 37.3 Å². The molecular weight excluding hydrogens is 372 g/mol. The lowest BCUT2D eigenvalue weighted by atomic mass is 10.1. The van der Waals surface area contributed by atoms with Crippen LogP contribution in [0.4, 0.5) is 0 Å². The Hall–Kier alpha value is -2.34. The fourth-order valence-corrected chi connectivity index (χ4v) is 2.69. The van der Waals surface area contributed by atoms with Crippen molar-refractivity contribution in [3.8, 4) is 5.75 Å². The number of halogens is 1. The monoisotopic (exact) mass is 390 g/mol. The molecule has 0 fully saturated rings. The smallest absolute Gasteiger partial charge is 0.251 e. The third-order valence-electron chi connectivity index (χ3n) is 3.48. The number of hydrogen-bond acceptors (Lipinski definition) is 3. The largest absolute Gasteiger partial charge is 0.496 e. The van der Waals surface area contributed by atoms with Crippen LogP contribution in [0.15, 0.2) is 53.0 Å². The number of carbonyl (C=O) groups is 2. The van der Waals surface area contributed by atoms with Gasteiger partial charge in [0.15, 0.2) is 0 Å². The summed E-state index contributed by atoms with van der Waals surface area (Å²) in [5, 5.41) is 5.45. The summed E-state index contributed by atoms with van der Waals surface area (Å²) in [6.07, 6.45) is 0. The van der Waals surface area contributed by atoms with Crippen LogP contribution in [0.25, 0.3) is 0 Å².